The van der Waals surface area contributed by atoms with E-state index in [1.165, 1.54) is 24.3 Å². The molecule has 0 unspecified atom stereocenters. The van der Waals surface area contributed by atoms with Crippen molar-refractivity contribution in [3.8, 4) is 11.5 Å². The van der Waals surface area contributed by atoms with E-state index in [0.29, 0.717) is 23.8 Å². The number of rotatable bonds is 5. The van der Waals surface area contributed by atoms with Gasteiger partial charge in [0.1, 0.15) is 22.3 Å². The molecule has 0 bridgehead atoms. The summed E-state index contributed by atoms with van der Waals surface area (Å²) in [6.45, 7) is 7.27. The van der Waals surface area contributed by atoms with Gasteiger partial charge in [0.15, 0.2) is 17.1 Å². The molecular weight excluding hydrogens is 432 g/mol. The largest absolute Gasteiger partial charge is 0.489 e. The lowest BCUT2D eigenvalue weighted by atomic mass is 9.89. The van der Waals surface area contributed by atoms with Crippen LogP contribution in [0.1, 0.15) is 48.7 Å². The van der Waals surface area contributed by atoms with Crippen LogP contribution in [0.5, 0.6) is 11.5 Å². The first-order chi connectivity index (χ1) is 15.1. The lowest BCUT2D eigenvalue weighted by molar-refractivity contribution is 0.0731. The van der Waals surface area contributed by atoms with Gasteiger partial charge in [0.2, 0.25) is 0 Å². The molecule has 168 valence electrons. The van der Waals surface area contributed by atoms with Crippen molar-refractivity contribution in [1.82, 2.24) is 0 Å². The smallest absolute Gasteiger partial charge is 0.339 e. The standard InChI is InChI=1S/C24H24O7S/c1-5-6-16-11-20(25)30-24-21(16)19(12-18-22(24)23(26)14(3)15(4)29-18)31-32(27,28)17-9-7-13(2)8-10-17/h7-12,14-15H,5-6H2,1-4H3/t14-,15+/m0/s1. The monoisotopic (exact) mass is 456 g/mol. The minimum atomic E-state index is -4.19. The van der Waals surface area contributed by atoms with Gasteiger partial charge >= 0.3 is 15.7 Å². The third-order valence-electron chi connectivity index (χ3n) is 5.73. The first-order valence-electron chi connectivity index (χ1n) is 10.5. The molecule has 0 saturated heterocycles. The molecule has 32 heavy (non-hydrogen) atoms. The van der Waals surface area contributed by atoms with Crippen LogP contribution in [0.2, 0.25) is 0 Å². The van der Waals surface area contributed by atoms with Crippen molar-refractivity contribution >= 4 is 26.9 Å². The molecule has 2 heterocycles. The Hall–Kier alpha value is -3.13. The van der Waals surface area contributed by atoms with Crippen LogP contribution in [0.25, 0.3) is 11.0 Å². The molecule has 2 aromatic carbocycles. The zero-order valence-electron chi connectivity index (χ0n) is 18.3. The Bertz CT molecular complexity index is 1370. The summed E-state index contributed by atoms with van der Waals surface area (Å²) in [6, 6.07) is 8.98. The second-order valence-corrected chi connectivity index (χ2v) is 9.67. The molecular formula is C24H24O7S. The second-order valence-electron chi connectivity index (χ2n) is 8.12. The molecule has 0 N–H and O–H groups in total. The average Bonchev–Trinajstić information content (AvgIpc) is 2.71. The second kappa shape index (κ2) is 8.09. The Balaban J connectivity index is 1.99. The highest BCUT2D eigenvalue weighted by molar-refractivity contribution is 7.87. The van der Waals surface area contributed by atoms with Crippen molar-refractivity contribution in [3.63, 3.8) is 0 Å². The van der Waals surface area contributed by atoms with Crippen molar-refractivity contribution in [1.29, 1.82) is 0 Å². The maximum absolute atomic E-state index is 13.1. The number of aryl methyl sites for hydroxylation is 2. The van der Waals surface area contributed by atoms with Gasteiger partial charge < -0.3 is 13.3 Å². The molecule has 1 aliphatic rings. The van der Waals surface area contributed by atoms with E-state index in [9.17, 15) is 18.0 Å². The number of Topliss-reactive ketones (excluding diaryl/α,β-unsaturated/α-hetero) is 1. The average molecular weight is 457 g/mol. The summed E-state index contributed by atoms with van der Waals surface area (Å²) in [4.78, 5) is 25.3. The Morgan fingerprint density at radius 1 is 1.06 bits per heavy atom. The van der Waals surface area contributed by atoms with Crippen molar-refractivity contribution in [2.75, 3.05) is 0 Å². The number of benzene rings is 2. The van der Waals surface area contributed by atoms with Gasteiger partial charge in [-0.3, -0.25) is 4.79 Å². The Morgan fingerprint density at radius 3 is 2.41 bits per heavy atom. The predicted molar refractivity (Wildman–Crippen MR) is 119 cm³/mol. The summed E-state index contributed by atoms with van der Waals surface area (Å²) >= 11 is 0. The Kier molecular flexibility index (Phi) is 5.58. The molecule has 0 radical (unpaired) electrons. The zero-order chi connectivity index (χ0) is 23.2. The van der Waals surface area contributed by atoms with Crippen molar-refractivity contribution in [2.24, 2.45) is 5.92 Å². The normalized spacial score (nSPS) is 18.3. The summed E-state index contributed by atoms with van der Waals surface area (Å²) in [5, 5.41) is 0.291. The van der Waals surface area contributed by atoms with E-state index in [-0.39, 0.29) is 33.3 Å². The van der Waals surface area contributed by atoms with Gasteiger partial charge in [0.05, 0.1) is 11.3 Å². The maximum Gasteiger partial charge on any atom is 0.339 e. The third-order valence-corrected chi connectivity index (χ3v) is 6.98. The van der Waals surface area contributed by atoms with Crippen LogP contribution in [0.3, 0.4) is 0 Å². The van der Waals surface area contributed by atoms with Crippen LogP contribution in [0, 0.1) is 12.8 Å². The number of hydrogen-bond acceptors (Lipinski definition) is 7. The first-order valence-corrected chi connectivity index (χ1v) is 11.9. The lowest BCUT2D eigenvalue weighted by Crippen LogP contribution is -2.34. The highest BCUT2D eigenvalue weighted by Gasteiger charge is 2.36. The number of carbonyl (C=O) groups is 1. The zero-order valence-corrected chi connectivity index (χ0v) is 19.1. The van der Waals surface area contributed by atoms with Gasteiger partial charge in [-0.05, 0) is 38.0 Å². The molecule has 0 fully saturated rings. The Morgan fingerprint density at radius 2 is 1.75 bits per heavy atom. The van der Waals surface area contributed by atoms with Crippen LogP contribution in [-0.2, 0) is 16.5 Å². The first kappa shape index (κ1) is 22.1. The van der Waals surface area contributed by atoms with Crippen LogP contribution < -0.4 is 14.5 Å². The van der Waals surface area contributed by atoms with Crippen molar-refractivity contribution < 1.29 is 26.5 Å². The molecule has 1 aromatic heterocycles. The van der Waals surface area contributed by atoms with E-state index < -0.39 is 27.8 Å². The van der Waals surface area contributed by atoms with Crippen LogP contribution in [0.4, 0.5) is 0 Å². The molecule has 3 aromatic rings. The molecule has 8 heteroatoms. The molecule has 7 nitrogen and oxygen atoms in total. The fraction of sp³-hybridized carbons (Fsp3) is 0.333. The Labute approximate surface area is 186 Å². The molecule has 0 saturated carbocycles. The van der Waals surface area contributed by atoms with Crippen LogP contribution >= 0.6 is 0 Å². The summed E-state index contributed by atoms with van der Waals surface area (Å²) in [6.07, 6.45) is 0.736. The highest BCUT2D eigenvalue weighted by atomic mass is 32.2. The summed E-state index contributed by atoms with van der Waals surface area (Å²) in [5.74, 6) is -0.581. The number of hydrogen-bond donors (Lipinski definition) is 0. The lowest BCUT2D eigenvalue weighted by Gasteiger charge is -2.29. The predicted octanol–water partition coefficient (Wildman–Crippen LogP) is 4.42. The number of carbonyl (C=O) groups excluding carboxylic acids is 1. The fourth-order valence-electron chi connectivity index (χ4n) is 3.84. The SMILES string of the molecule is CCCc1cc(=O)oc2c3c(cc(OS(=O)(=O)c4ccc(C)cc4)c12)O[C@H](C)[C@H](C)C3=O. The van der Waals surface area contributed by atoms with E-state index in [1.807, 2.05) is 13.8 Å². The molecule has 0 spiro atoms. The molecule has 0 aliphatic carbocycles. The van der Waals surface area contributed by atoms with Crippen molar-refractivity contribution in [3.05, 3.63) is 63.5 Å². The van der Waals surface area contributed by atoms with E-state index in [4.69, 9.17) is 13.3 Å². The summed E-state index contributed by atoms with van der Waals surface area (Å²) in [5.41, 5.74) is 0.970. The summed E-state index contributed by atoms with van der Waals surface area (Å²) < 4.78 is 42.9. The molecule has 2 atom stereocenters. The van der Waals surface area contributed by atoms with E-state index in [1.54, 1.807) is 26.0 Å². The van der Waals surface area contributed by atoms with Crippen LogP contribution in [-0.4, -0.2) is 20.3 Å². The maximum atomic E-state index is 13.1. The van der Waals surface area contributed by atoms with Gasteiger partial charge in [-0.2, -0.15) is 8.42 Å². The van der Waals surface area contributed by atoms with Crippen molar-refractivity contribution in [2.45, 2.75) is 51.5 Å². The van der Waals surface area contributed by atoms with Gasteiger partial charge in [0, 0.05) is 12.1 Å². The topological polar surface area (TPSA) is 99.9 Å². The molecule has 1 aliphatic heterocycles. The summed E-state index contributed by atoms with van der Waals surface area (Å²) in [7, 11) is -4.19. The van der Waals surface area contributed by atoms with E-state index in [0.717, 1.165) is 5.56 Å². The third kappa shape index (κ3) is 3.79. The van der Waals surface area contributed by atoms with Gasteiger partial charge in [-0.1, -0.05) is 38.0 Å². The quantitative estimate of drug-likeness (QED) is 0.414. The van der Waals surface area contributed by atoms with Gasteiger partial charge in [-0.15, -0.1) is 0 Å². The highest BCUT2D eigenvalue weighted by Crippen LogP contribution is 2.43. The van der Waals surface area contributed by atoms with E-state index in [2.05, 4.69) is 0 Å². The minimum absolute atomic E-state index is 0.00342. The minimum Gasteiger partial charge on any atom is -0.489 e. The number of ether oxygens (including phenoxy) is 1. The van der Waals surface area contributed by atoms with Crippen LogP contribution in [0.15, 0.2) is 50.5 Å². The fourth-order valence-corrected chi connectivity index (χ4v) is 4.77. The molecule has 4 rings (SSSR count). The number of ketones is 1. The van der Waals surface area contributed by atoms with Gasteiger partial charge in [0.25, 0.3) is 0 Å². The molecule has 0 amide bonds. The number of fused-ring (bicyclic) bond motifs is 3. The van der Waals surface area contributed by atoms with Gasteiger partial charge in [-0.25, -0.2) is 4.79 Å². The van der Waals surface area contributed by atoms with E-state index >= 15 is 0 Å².